The van der Waals surface area contributed by atoms with Crippen LogP contribution < -0.4 is 11.1 Å². The normalized spacial score (nSPS) is 9.93. The highest BCUT2D eigenvalue weighted by Crippen LogP contribution is 2.16. The molecule has 0 radical (unpaired) electrons. The van der Waals surface area contributed by atoms with Crippen molar-refractivity contribution >= 4 is 11.5 Å². The van der Waals surface area contributed by atoms with Crippen molar-refractivity contribution in [1.82, 2.24) is 9.97 Å². The van der Waals surface area contributed by atoms with Gasteiger partial charge in [-0.2, -0.15) is 0 Å². The van der Waals surface area contributed by atoms with Gasteiger partial charge in [0.25, 0.3) is 0 Å². The highest BCUT2D eigenvalue weighted by atomic mass is 15.0. The fourth-order valence-corrected chi connectivity index (χ4v) is 1.29. The Balaban J connectivity index is 2.24. The second kappa shape index (κ2) is 4.52. The number of rotatable bonds is 3. The van der Waals surface area contributed by atoms with Crippen LogP contribution in [0.15, 0.2) is 42.7 Å². The van der Waals surface area contributed by atoms with Crippen LogP contribution >= 0.6 is 0 Å². The van der Waals surface area contributed by atoms with E-state index in [1.807, 2.05) is 30.3 Å². The zero-order valence-electron chi connectivity index (χ0n) is 8.22. The Morgan fingerprint density at radius 1 is 1.07 bits per heavy atom. The van der Waals surface area contributed by atoms with Crippen LogP contribution in [0, 0.1) is 0 Å². The smallest absolute Gasteiger partial charge is 0.130 e. The number of anilines is 2. The Bertz CT molecular complexity index is 428. The lowest BCUT2D eigenvalue weighted by atomic mass is 10.3. The van der Waals surface area contributed by atoms with Gasteiger partial charge in [0.1, 0.15) is 5.82 Å². The number of nitrogens with one attached hydrogen (secondary N) is 1. The van der Waals surface area contributed by atoms with Crippen LogP contribution in [0.5, 0.6) is 0 Å². The van der Waals surface area contributed by atoms with E-state index in [0.717, 1.165) is 17.2 Å². The Morgan fingerprint density at radius 2 is 1.93 bits per heavy atom. The summed E-state index contributed by atoms with van der Waals surface area (Å²) in [6.45, 7) is 0.413. The van der Waals surface area contributed by atoms with Crippen molar-refractivity contribution in [2.75, 3.05) is 5.32 Å². The summed E-state index contributed by atoms with van der Waals surface area (Å²) in [6, 6.07) is 9.49. The first-order valence-electron chi connectivity index (χ1n) is 4.72. The third-order valence-corrected chi connectivity index (χ3v) is 2.01. The van der Waals surface area contributed by atoms with Gasteiger partial charge in [-0.15, -0.1) is 0 Å². The highest BCUT2D eigenvalue weighted by Gasteiger charge is 2.01. The zero-order chi connectivity index (χ0) is 10.5. The molecule has 2 aromatic rings. The number of pyridine rings is 2. The zero-order valence-corrected chi connectivity index (χ0v) is 8.22. The van der Waals surface area contributed by atoms with E-state index in [9.17, 15) is 0 Å². The standard InChI is InChI=1S/C11H12N4/c12-8-10-9(4-3-7-13-10)15-11-5-1-2-6-14-11/h1-7H,8,12H2,(H,14,15). The predicted molar refractivity (Wildman–Crippen MR) is 59.6 cm³/mol. The van der Waals surface area contributed by atoms with Crippen molar-refractivity contribution in [3.8, 4) is 0 Å². The molecule has 0 saturated carbocycles. The van der Waals surface area contributed by atoms with Crippen LogP contribution in [0.3, 0.4) is 0 Å². The van der Waals surface area contributed by atoms with Gasteiger partial charge in [-0.3, -0.25) is 4.98 Å². The van der Waals surface area contributed by atoms with Crippen molar-refractivity contribution in [1.29, 1.82) is 0 Å². The van der Waals surface area contributed by atoms with Gasteiger partial charge in [0, 0.05) is 18.9 Å². The number of hydrogen-bond acceptors (Lipinski definition) is 4. The van der Waals surface area contributed by atoms with E-state index in [4.69, 9.17) is 5.73 Å². The summed E-state index contributed by atoms with van der Waals surface area (Å²) in [5.41, 5.74) is 7.32. The molecule has 0 unspecified atom stereocenters. The Kier molecular flexibility index (Phi) is 2.90. The van der Waals surface area contributed by atoms with Gasteiger partial charge < -0.3 is 11.1 Å². The number of aromatic nitrogens is 2. The van der Waals surface area contributed by atoms with E-state index in [1.165, 1.54) is 0 Å². The van der Waals surface area contributed by atoms with Gasteiger partial charge >= 0.3 is 0 Å². The minimum absolute atomic E-state index is 0.413. The number of hydrogen-bond donors (Lipinski definition) is 2. The van der Waals surface area contributed by atoms with Crippen molar-refractivity contribution in [2.24, 2.45) is 5.73 Å². The van der Waals surface area contributed by atoms with E-state index in [2.05, 4.69) is 15.3 Å². The molecule has 0 atom stereocenters. The van der Waals surface area contributed by atoms with Crippen molar-refractivity contribution in [3.05, 3.63) is 48.4 Å². The van der Waals surface area contributed by atoms with Gasteiger partial charge in [0.2, 0.25) is 0 Å². The lowest BCUT2D eigenvalue weighted by Crippen LogP contribution is -2.04. The monoisotopic (exact) mass is 200 g/mol. The molecule has 15 heavy (non-hydrogen) atoms. The molecule has 0 saturated heterocycles. The van der Waals surface area contributed by atoms with E-state index >= 15 is 0 Å². The molecule has 2 heterocycles. The van der Waals surface area contributed by atoms with Crippen LogP contribution in [0.4, 0.5) is 11.5 Å². The molecule has 0 spiro atoms. The van der Waals surface area contributed by atoms with Crippen molar-refractivity contribution in [2.45, 2.75) is 6.54 Å². The van der Waals surface area contributed by atoms with Crippen LogP contribution in [-0.4, -0.2) is 9.97 Å². The third-order valence-electron chi connectivity index (χ3n) is 2.01. The Labute approximate surface area is 88.2 Å². The molecule has 0 aliphatic rings. The summed E-state index contributed by atoms with van der Waals surface area (Å²) in [6.07, 6.45) is 3.46. The summed E-state index contributed by atoms with van der Waals surface area (Å²) in [5, 5.41) is 3.17. The quantitative estimate of drug-likeness (QED) is 0.791. The van der Waals surface area contributed by atoms with Crippen LogP contribution in [0.1, 0.15) is 5.69 Å². The van der Waals surface area contributed by atoms with E-state index in [0.29, 0.717) is 6.54 Å². The maximum Gasteiger partial charge on any atom is 0.130 e. The number of nitrogens with zero attached hydrogens (tertiary/aromatic N) is 2. The second-order valence-electron chi connectivity index (χ2n) is 3.04. The first-order valence-corrected chi connectivity index (χ1v) is 4.72. The molecular weight excluding hydrogens is 188 g/mol. The molecule has 2 aromatic heterocycles. The summed E-state index contributed by atoms with van der Waals surface area (Å²) in [5.74, 6) is 0.792. The van der Waals surface area contributed by atoms with E-state index in [-0.39, 0.29) is 0 Å². The lowest BCUT2D eigenvalue weighted by molar-refractivity contribution is 0.992. The first-order chi connectivity index (χ1) is 7.40. The van der Waals surface area contributed by atoms with E-state index < -0.39 is 0 Å². The average molecular weight is 200 g/mol. The minimum atomic E-state index is 0.413. The summed E-state index contributed by atoms with van der Waals surface area (Å²) in [4.78, 5) is 8.35. The Hall–Kier alpha value is -1.94. The SMILES string of the molecule is NCc1ncccc1Nc1ccccn1. The molecule has 4 heteroatoms. The second-order valence-corrected chi connectivity index (χ2v) is 3.04. The van der Waals surface area contributed by atoms with E-state index in [1.54, 1.807) is 12.4 Å². The summed E-state index contributed by atoms with van der Waals surface area (Å²) < 4.78 is 0. The Morgan fingerprint density at radius 3 is 2.67 bits per heavy atom. The van der Waals surface area contributed by atoms with Gasteiger partial charge in [0.05, 0.1) is 11.4 Å². The van der Waals surface area contributed by atoms with Gasteiger partial charge in [-0.05, 0) is 24.3 Å². The molecule has 0 amide bonds. The van der Waals surface area contributed by atoms with Gasteiger partial charge in [0.15, 0.2) is 0 Å². The molecule has 4 nitrogen and oxygen atoms in total. The topological polar surface area (TPSA) is 63.8 Å². The highest BCUT2D eigenvalue weighted by molar-refractivity contribution is 5.58. The molecule has 76 valence electrons. The molecule has 0 bridgehead atoms. The third kappa shape index (κ3) is 2.30. The summed E-state index contributed by atoms with van der Waals surface area (Å²) >= 11 is 0. The largest absolute Gasteiger partial charge is 0.339 e. The van der Waals surface area contributed by atoms with Crippen LogP contribution in [0.25, 0.3) is 0 Å². The fraction of sp³-hybridized carbons (Fsp3) is 0.0909. The van der Waals surface area contributed by atoms with Gasteiger partial charge in [-0.25, -0.2) is 4.98 Å². The van der Waals surface area contributed by atoms with Crippen molar-refractivity contribution in [3.63, 3.8) is 0 Å². The molecule has 2 rings (SSSR count). The molecule has 0 aromatic carbocycles. The fourth-order valence-electron chi connectivity index (χ4n) is 1.29. The minimum Gasteiger partial charge on any atom is -0.339 e. The van der Waals surface area contributed by atoms with Crippen LogP contribution in [-0.2, 0) is 6.54 Å². The lowest BCUT2D eigenvalue weighted by Gasteiger charge is -2.08. The average Bonchev–Trinajstić information content (AvgIpc) is 2.31. The van der Waals surface area contributed by atoms with Crippen LogP contribution in [0.2, 0.25) is 0 Å². The maximum atomic E-state index is 5.58. The maximum absolute atomic E-state index is 5.58. The predicted octanol–water partition coefficient (Wildman–Crippen LogP) is 1.68. The first kappa shape index (κ1) is 9.61. The molecule has 0 aliphatic heterocycles. The van der Waals surface area contributed by atoms with Gasteiger partial charge in [-0.1, -0.05) is 6.07 Å². The molecular formula is C11H12N4. The molecule has 0 aliphatic carbocycles. The molecule has 3 N–H and O–H groups in total. The molecule has 0 fully saturated rings. The summed E-state index contributed by atoms with van der Waals surface area (Å²) in [7, 11) is 0. The van der Waals surface area contributed by atoms with Crippen molar-refractivity contribution < 1.29 is 0 Å². The number of nitrogens with two attached hydrogens (primary N) is 1.